The summed E-state index contributed by atoms with van der Waals surface area (Å²) < 4.78 is 0.719. The molecule has 3 aromatic rings. The molecule has 1 N–H and O–H groups in total. The molecule has 122 valence electrons. The average Bonchev–Trinajstić information content (AvgIpc) is 3.02. The molecule has 2 aromatic heterocycles. The molecule has 0 aliphatic heterocycles. The zero-order valence-corrected chi connectivity index (χ0v) is 15.2. The van der Waals surface area contributed by atoms with Crippen molar-refractivity contribution in [2.45, 2.75) is 10.1 Å². The lowest BCUT2D eigenvalue weighted by atomic mass is 10.2. The molecule has 0 spiro atoms. The maximum Gasteiger partial charge on any atom is 0.257 e. The van der Waals surface area contributed by atoms with Crippen LogP contribution in [0.3, 0.4) is 0 Å². The van der Waals surface area contributed by atoms with Gasteiger partial charge in [-0.05, 0) is 29.8 Å². The van der Waals surface area contributed by atoms with E-state index in [-0.39, 0.29) is 5.91 Å². The Hall–Kier alpha value is -1.67. The van der Waals surface area contributed by atoms with Gasteiger partial charge < -0.3 is 0 Å². The minimum atomic E-state index is -0.251. The van der Waals surface area contributed by atoms with Gasteiger partial charge in [0.15, 0.2) is 4.34 Å². The molecular formula is C15H10Cl2N4OS2. The van der Waals surface area contributed by atoms with E-state index in [1.165, 1.54) is 23.1 Å². The summed E-state index contributed by atoms with van der Waals surface area (Å²) in [7, 11) is 0. The maximum atomic E-state index is 12.1. The fourth-order valence-corrected chi connectivity index (χ4v) is 4.28. The highest BCUT2D eigenvalue weighted by atomic mass is 35.5. The number of thioether (sulfide) groups is 1. The zero-order valence-electron chi connectivity index (χ0n) is 12.1. The van der Waals surface area contributed by atoms with Gasteiger partial charge in [-0.1, -0.05) is 52.4 Å². The second-order valence-corrected chi connectivity index (χ2v) is 7.57. The summed E-state index contributed by atoms with van der Waals surface area (Å²) in [6.45, 7) is 0. The molecule has 1 aromatic carbocycles. The fraction of sp³-hybridized carbons (Fsp3) is 0.0667. The normalized spacial score (nSPS) is 10.6. The largest absolute Gasteiger partial charge is 0.296 e. The van der Waals surface area contributed by atoms with Crippen LogP contribution >= 0.6 is 46.3 Å². The molecule has 0 unspecified atom stereocenters. The van der Waals surface area contributed by atoms with E-state index in [9.17, 15) is 4.79 Å². The number of halogens is 2. The summed E-state index contributed by atoms with van der Waals surface area (Å²) in [5.74, 6) is 0.324. The molecule has 0 aliphatic carbocycles. The number of anilines is 1. The Labute approximate surface area is 156 Å². The number of nitrogens with one attached hydrogen (secondary N) is 1. The first-order valence-electron chi connectivity index (χ1n) is 6.74. The number of aromatic nitrogens is 3. The van der Waals surface area contributed by atoms with Crippen LogP contribution in [0.25, 0.3) is 0 Å². The highest BCUT2D eigenvalue weighted by Gasteiger charge is 2.12. The summed E-state index contributed by atoms with van der Waals surface area (Å²) in [4.78, 5) is 15.9. The monoisotopic (exact) mass is 396 g/mol. The van der Waals surface area contributed by atoms with Crippen LogP contribution in [0, 0.1) is 0 Å². The maximum absolute atomic E-state index is 12.1. The van der Waals surface area contributed by atoms with Crippen LogP contribution in [0.1, 0.15) is 15.9 Å². The summed E-state index contributed by atoms with van der Waals surface area (Å²) >= 11 is 15.0. The number of hydrogen-bond acceptors (Lipinski definition) is 6. The molecule has 2 heterocycles. The van der Waals surface area contributed by atoms with E-state index < -0.39 is 0 Å². The van der Waals surface area contributed by atoms with Crippen molar-refractivity contribution in [3.63, 3.8) is 0 Å². The number of carbonyl (C=O) groups is 1. The molecule has 0 bridgehead atoms. The number of hydrogen-bond donors (Lipinski definition) is 1. The van der Waals surface area contributed by atoms with Crippen molar-refractivity contribution in [1.82, 2.24) is 15.2 Å². The summed E-state index contributed by atoms with van der Waals surface area (Å²) in [5, 5.41) is 12.4. The van der Waals surface area contributed by atoms with Crippen molar-refractivity contribution in [3.8, 4) is 0 Å². The van der Waals surface area contributed by atoms with Crippen LogP contribution < -0.4 is 5.32 Å². The van der Waals surface area contributed by atoms with Crippen molar-refractivity contribution in [2.24, 2.45) is 0 Å². The van der Waals surface area contributed by atoms with Crippen LogP contribution in [-0.2, 0) is 5.75 Å². The molecule has 0 saturated carbocycles. The molecule has 24 heavy (non-hydrogen) atoms. The molecule has 9 heteroatoms. The van der Waals surface area contributed by atoms with Crippen LogP contribution in [0.2, 0.25) is 10.0 Å². The van der Waals surface area contributed by atoms with E-state index in [1.807, 2.05) is 0 Å². The lowest BCUT2D eigenvalue weighted by molar-refractivity contribution is 0.102. The third-order valence-electron chi connectivity index (χ3n) is 2.97. The van der Waals surface area contributed by atoms with E-state index in [0.717, 1.165) is 9.90 Å². The summed E-state index contributed by atoms with van der Waals surface area (Å²) in [6, 6.07) is 8.65. The minimum absolute atomic E-state index is 0.251. The first-order chi connectivity index (χ1) is 11.6. The van der Waals surface area contributed by atoms with Crippen molar-refractivity contribution in [2.75, 3.05) is 5.32 Å². The summed E-state index contributed by atoms with van der Waals surface area (Å²) in [5.41, 5.74) is 1.36. The zero-order chi connectivity index (χ0) is 16.9. The molecular weight excluding hydrogens is 387 g/mol. The highest BCUT2D eigenvalue weighted by molar-refractivity contribution is 8.00. The van der Waals surface area contributed by atoms with Gasteiger partial charge in [-0.3, -0.25) is 15.1 Å². The summed E-state index contributed by atoms with van der Waals surface area (Å²) in [6.07, 6.45) is 3.12. The SMILES string of the molecule is O=C(Nc1nnc(SCc2c(Cl)cccc2Cl)s1)c1ccncc1. The molecule has 0 aliphatic rings. The van der Waals surface area contributed by atoms with E-state index in [2.05, 4.69) is 20.5 Å². The van der Waals surface area contributed by atoms with Crippen LogP contribution in [0.15, 0.2) is 47.1 Å². The van der Waals surface area contributed by atoms with Gasteiger partial charge in [0.2, 0.25) is 5.13 Å². The molecule has 0 saturated heterocycles. The van der Waals surface area contributed by atoms with Crippen molar-refractivity contribution in [1.29, 1.82) is 0 Å². The third kappa shape index (κ3) is 4.24. The standard InChI is InChI=1S/C15H10Cl2N4OS2/c16-11-2-1-3-12(17)10(11)8-23-15-21-20-14(24-15)19-13(22)9-4-6-18-7-5-9/h1-7H,8H2,(H,19,20,22). The molecule has 0 fully saturated rings. The van der Waals surface area contributed by atoms with Gasteiger partial charge in [-0.25, -0.2) is 0 Å². The lowest BCUT2D eigenvalue weighted by Gasteiger charge is -2.04. The van der Waals surface area contributed by atoms with Gasteiger partial charge in [0.25, 0.3) is 5.91 Å². The van der Waals surface area contributed by atoms with Crippen LogP contribution in [0.5, 0.6) is 0 Å². The first kappa shape index (κ1) is 17.2. The molecule has 5 nitrogen and oxygen atoms in total. The highest BCUT2D eigenvalue weighted by Crippen LogP contribution is 2.33. The van der Waals surface area contributed by atoms with E-state index in [1.54, 1.807) is 42.7 Å². The van der Waals surface area contributed by atoms with E-state index in [4.69, 9.17) is 23.2 Å². The number of rotatable bonds is 5. The second kappa shape index (κ2) is 7.94. The number of carbonyl (C=O) groups excluding carboxylic acids is 1. The molecule has 0 atom stereocenters. The van der Waals surface area contributed by atoms with Gasteiger partial charge in [0, 0.05) is 33.8 Å². The van der Waals surface area contributed by atoms with E-state index in [0.29, 0.717) is 26.5 Å². The Morgan fingerprint density at radius 2 is 1.83 bits per heavy atom. The predicted molar refractivity (Wildman–Crippen MR) is 98.1 cm³/mol. The number of pyridine rings is 1. The number of nitrogens with zero attached hydrogens (tertiary/aromatic N) is 3. The number of benzene rings is 1. The molecule has 0 radical (unpaired) electrons. The van der Waals surface area contributed by atoms with Gasteiger partial charge in [0.05, 0.1) is 0 Å². The molecule has 1 amide bonds. The number of amides is 1. The fourth-order valence-electron chi connectivity index (χ4n) is 1.80. The smallest absolute Gasteiger partial charge is 0.257 e. The van der Waals surface area contributed by atoms with Crippen molar-refractivity contribution in [3.05, 3.63) is 63.9 Å². The predicted octanol–water partition coefficient (Wildman–Crippen LogP) is 4.78. The lowest BCUT2D eigenvalue weighted by Crippen LogP contribution is -2.11. The van der Waals surface area contributed by atoms with Crippen LogP contribution in [-0.4, -0.2) is 21.1 Å². The van der Waals surface area contributed by atoms with Crippen molar-refractivity contribution < 1.29 is 4.79 Å². The van der Waals surface area contributed by atoms with Gasteiger partial charge in [0.1, 0.15) is 0 Å². The first-order valence-corrected chi connectivity index (χ1v) is 9.30. The van der Waals surface area contributed by atoms with Gasteiger partial charge >= 0.3 is 0 Å². The van der Waals surface area contributed by atoms with Gasteiger partial charge in [-0.2, -0.15) is 0 Å². The van der Waals surface area contributed by atoms with E-state index >= 15 is 0 Å². The Bertz CT molecular complexity index is 837. The Morgan fingerprint density at radius 3 is 2.54 bits per heavy atom. The van der Waals surface area contributed by atoms with Gasteiger partial charge in [-0.15, -0.1) is 10.2 Å². The Morgan fingerprint density at radius 1 is 1.12 bits per heavy atom. The minimum Gasteiger partial charge on any atom is -0.296 e. The third-order valence-corrected chi connectivity index (χ3v) is 5.68. The van der Waals surface area contributed by atoms with Crippen molar-refractivity contribution >= 4 is 57.3 Å². The Kier molecular flexibility index (Phi) is 5.68. The Balaban J connectivity index is 1.63. The van der Waals surface area contributed by atoms with Crippen LogP contribution in [0.4, 0.5) is 5.13 Å². The second-order valence-electron chi connectivity index (χ2n) is 4.55. The molecule has 3 rings (SSSR count). The topological polar surface area (TPSA) is 67.8 Å². The quantitative estimate of drug-likeness (QED) is 0.496. The average molecular weight is 397 g/mol.